The summed E-state index contributed by atoms with van der Waals surface area (Å²) in [7, 11) is 0. The summed E-state index contributed by atoms with van der Waals surface area (Å²) in [5.41, 5.74) is 6.10. The van der Waals surface area contributed by atoms with Gasteiger partial charge in [-0.1, -0.05) is 55.8 Å². The lowest BCUT2D eigenvalue weighted by atomic mass is 9.77. The van der Waals surface area contributed by atoms with E-state index in [1.807, 2.05) is 6.07 Å². The van der Waals surface area contributed by atoms with Crippen molar-refractivity contribution in [3.63, 3.8) is 0 Å². The molecule has 1 aliphatic carbocycles. The minimum Gasteiger partial charge on any atom is -0.305 e. The molecule has 3 aromatic rings. The predicted octanol–water partition coefficient (Wildman–Crippen LogP) is 7.77. The smallest absolute Gasteiger partial charge is 0.305 e. The molecule has 5 rings (SSSR count). The van der Waals surface area contributed by atoms with E-state index in [1.165, 1.54) is 54.9 Å². The van der Waals surface area contributed by atoms with E-state index in [2.05, 4.69) is 48.6 Å². The zero-order valence-electron chi connectivity index (χ0n) is 19.2. The minimum atomic E-state index is -0.428. The molecular weight excluding hydrogens is 411 g/mol. The Morgan fingerprint density at radius 3 is 2.42 bits per heavy atom. The summed E-state index contributed by atoms with van der Waals surface area (Å²) in [6.45, 7) is 2.91. The number of carbonyl (C=O) groups is 1. The summed E-state index contributed by atoms with van der Waals surface area (Å²) in [5.74, 6) is 1.19. The molecule has 0 aromatic heterocycles. The maximum absolute atomic E-state index is 13.9. The van der Waals surface area contributed by atoms with Crippen molar-refractivity contribution in [1.29, 1.82) is 0 Å². The molecule has 3 aromatic carbocycles. The maximum Gasteiger partial charge on any atom is 0.326 e. The van der Waals surface area contributed by atoms with Crippen molar-refractivity contribution in [3.8, 4) is 11.1 Å². The molecule has 3 nitrogen and oxygen atoms in total. The van der Waals surface area contributed by atoms with Gasteiger partial charge in [0, 0.05) is 12.2 Å². The number of nitrogens with one attached hydrogen (secondary N) is 1. The molecule has 0 atom stereocenters. The Kier molecular flexibility index (Phi) is 6.17. The summed E-state index contributed by atoms with van der Waals surface area (Å²) in [4.78, 5) is 14.5. The highest BCUT2D eigenvalue weighted by Crippen LogP contribution is 2.38. The van der Waals surface area contributed by atoms with Crippen LogP contribution in [0.3, 0.4) is 0 Å². The number of nitrogens with zero attached hydrogens (tertiary/aromatic N) is 1. The van der Waals surface area contributed by atoms with Gasteiger partial charge in [0.05, 0.1) is 5.69 Å². The largest absolute Gasteiger partial charge is 0.326 e. The fourth-order valence-electron chi connectivity index (χ4n) is 5.39. The van der Waals surface area contributed by atoms with Gasteiger partial charge in [-0.3, -0.25) is 4.90 Å². The van der Waals surface area contributed by atoms with Crippen molar-refractivity contribution in [3.05, 3.63) is 83.7 Å². The molecule has 0 unspecified atom stereocenters. The van der Waals surface area contributed by atoms with Crippen LogP contribution in [0, 0.1) is 11.7 Å². The first-order valence-corrected chi connectivity index (χ1v) is 12.2. The van der Waals surface area contributed by atoms with Crippen LogP contribution in [0.5, 0.6) is 0 Å². The number of para-hydroxylation sites is 1. The number of hydrogen-bond acceptors (Lipinski definition) is 1. The van der Waals surface area contributed by atoms with Crippen LogP contribution < -0.4 is 10.2 Å². The van der Waals surface area contributed by atoms with Crippen LogP contribution >= 0.6 is 0 Å². The highest BCUT2D eigenvalue weighted by molar-refractivity contribution is 6.03. The zero-order valence-corrected chi connectivity index (χ0v) is 19.2. The van der Waals surface area contributed by atoms with Crippen molar-refractivity contribution in [2.45, 2.75) is 51.4 Å². The van der Waals surface area contributed by atoms with Crippen LogP contribution in [0.25, 0.3) is 11.1 Å². The van der Waals surface area contributed by atoms with E-state index in [0.717, 1.165) is 23.6 Å². The summed E-state index contributed by atoms with van der Waals surface area (Å²) < 4.78 is 13.9. The first-order chi connectivity index (χ1) is 16.1. The molecule has 0 spiro atoms. The van der Waals surface area contributed by atoms with Gasteiger partial charge >= 0.3 is 6.03 Å². The molecule has 1 saturated carbocycles. The summed E-state index contributed by atoms with van der Waals surface area (Å²) in [6, 6.07) is 21.3. The van der Waals surface area contributed by atoms with Gasteiger partial charge in [0.1, 0.15) is 5.82 Å². The minimum absolute atomic E-state index is 0.204. The van der Waals surface area contributed by atoms with E-state index in [9.17, 15) is 9.18 Å². The molecule has 33 heavy (non-hydrogen) atoms. The quantitative estimate of drug-likeness (QED) is 0.440. The maximum atomic E-state index is 13.9. The first kappa shape index (κ1) is 21.7. The molecule has 0 radical (unpaired) electrons. The van der Waals surface area contributed by atoms with Gasteiger partial charge in [-0.05, 0) is 90.5 Å². The van der Waals surface area contributed by atoms with Crippen LogP contribution in [-0.2, 0) is 6.42 Å². The van der Waals surface area contributed by atoms with Crippen molar-refractivity contribution >= 4 is 17.4 Å². The van der Waals surface area contributed by atoms with Crippen LogP contribution in [-0.4, -0.2) is 12.6 Å². The summed E-state index contributed by atoms with van der Waals surface area (Å²) in [6.07, 6.45) is 7.44. The lowest BCUT2D eigenvalue weighted by molar-refractivity contribution is 0.257. The van der Waals surface area contributed by atoms with Crippen LogP contribution in [0.4, 0.5) is 20.6 Å². The van der Waals surface area contributed by atoms with Gasteiger partial charge < -0.3 is 5.32 Å². The number of benzene rings is 3. The fraction of sp³-hybridized carbons (Fsp3) is 0.345. The van der Waals surface area contributed by atoms with Crippen LogP contribution in [0.1, 0.15) is 56.1 Å². The van der Waals surface area contributed by atoms with Gasteiger partial charge in [0.15, 0.2) is 0 Å². The molecule has 4 heteroatoms. The van der Waals surface area contributed by atoms with Gasteiger partial charge in [-0.25, -0.2) is 9.18 Å². The molecule has 1 fully saturated rings. The lowest BCUT2D eigenvalue weighted by Crippen LogP contribution is -2.33. The zero-order chi connectivity index (χ0) is 22.8. The van der Waals surface area contributed by atoms with Crippen molar-refractivity contribution in [2.24, 2.45) is 5.92 Å². The second kappa shape index (κ2) is 9.38. The average Bonchev–Trinajstić information content (AvgIpc) is 3.29. The van der Waals surface area contributed by atoms with Crippen LogP contribution in [0.2, 0.25) is 0 Å². The molecule has 2 aliphatic rings. The summed E-state index contributed by atoms with van der Waals surface area (Å²) >= 11 is 0. The topological polar surface area (TPSA) is 32.3 Å². The Hall–Kier alpha value is -3.14. The second-order valence-electron chi connectivity index (χ2n) is 9.40. The number of fused-ring (bicyclic) bond motifs is 1. The van der Waals surface area contributed by atoms with Gasteiger partial charge in [-0.15, -0.1) is 0 Å². The number of halogens is 1. The van der Waals surface area contributed by atoms with Gasteiger partial charge in [0.2, 0.25) is 0 Å². The van der Waals surface area contributed by atoms with E-state index < -0.39 is 5.82 Å². The molecule has 170 valence electrons. The molecule has 0 saturated heterocycles. The number of carbonyl (C=O) groups excluding carboxylic acids is 1. The number of rotatable bonds is 4. The Labute approximate surface area is 195 Å². The fourth-order valence-corrected chi connectivity index (χ4v) is 5.39. The van der Waals surface area contributed by atoms with E-state index in [-0.39, 0.29) is 11.7 Å². The molecule has 1 aliphatic heterocycles. The number of amides is 2. The third-order valence-corrected chi connectivity index (χ3v) is 7.48. The number of anilines is 2. The standard InChI is InChI=1S/C29H31FN2O/c1-2-20-7-9-21(10-8-20)22-11-13-23(14-12-22)24-15-16-28-25(19-24)17-18-32(28)29(33)31-27-6-4-3-5-26(27)30/h3-6,11-16,19-21H,2,7-10,17-18H2,1H3,(H,31,33). The highest BCUT2D eigenvalue weighted by atomic mass is 19.1. The van der Waals surface area contributed by atoms with Crippen molar-refractivity contribution < 1.29 is 9.18 Å². The monoisotopic (exact) mass is 442 g/mol. The third kappa shape index (κ3) is 4.52. The number of hydrogen-bond donors (Lipinski definition) is 1. The van der Waals surface area contributed by atoms with Crippen molar-refractivity contribution in [2.75, 3.05) is 16.8 Å². The lowest BCUT2D eigenvalue weighted by Gasteiger charge is -2.28. The molecular formula is C29H31FN2O. The first-order valence-electron chi connectivity index (χ1n) is 12.2. The normalized spacial score (nSPS) is 19.9. The Bertz CT molecular complexity index is 1130. The predicted molar refractivity (Wildman–Crippen MR) is 133 cm³/mol. The van der Waals surface area contributed by atoms with E-state index in [4.69, 9.17) is 0 Å². The molecule has 2 amide bonds. The van der Waals surface area contributed by atoms with Gasteiger partial charge in [0.25, 0.3) is 0 Å². The van der Waals surface area contributed by atoms with Crippen LogP contribution in [0.15, 0.2) is 66.7 Å². The molecule has 1 N–H and O–H groups in total. The third-order valence-electron chi connectivity index (χ3n) is 7.48. The van der Waals surface area contributed by atoms with E-state index >= 15 is 0 Å². The van der Waals surface area contributed by atoms with E-state index in [1.54, 1.807) is 23.1 Å². The molecule has 0 bridgehead atoms. The molecule has 1 heterocycles. The summed E-state index contributed by atoms with van der Waals surface area (Å²) in [5, 5.41) is 2.70. The van der Waals surface area contributed by atoms with E-state index in [0.29, 0.717) is 12.5 Å². The second-order valence-corrected chi connectivity index (χ2v) is 9.40. The Morgan fingerprint density at radius 1 is 0.970 bits per heavy atom. The highest BCUT2D eigenvalue weighted by Gasteiger charge is 2.26. The average molecular weight is 443 g/mol. The SMILES string of the molecule is CCC1CCC(c2ccc(-c3ccc4c(c3)CCN4C(=O)Nc3ccccc3F)cc2)CC1. The Morgan fingerprint density at radius 2 is 1.70 bits per heavy atom. The Balaban J connectivity index is 1.28. The van der Waals surface area contributed by atoms with Crippen molar-refractivity contribution in [1.82, 2.24) is 0 Å². The van der Waals surface area contributed by atoms with Gasteiger partial charge in [-0.2, -0.15) is 0 Å². The number of urea groups is 1.